The number of ether oxygens (including phenoxy) is 2. The summed E-state index contributed by atoms with van der Waals surface area (Å²) >= 11 is 0. The molecule has 0 aliphatic carbocycles. The number of rotatable bonds is 7. The van der Waals surface area contributed by atoms with Gasteiger partial charge in [0.15, 0.2) is 0 Å². The number of aliphatic hydroxyl groups excluding tert-OH is 1. The highest BCUT2D eigenvalue weighted by Crippen LogP contribution is 1.97. The van der Waals surface area contributed by atoms with Gasteiger partial charge in [0.1, 0.15) is 0 Å². The maximum Gasteiger partial charge on any atom is 0.0952 e. The summed E-state index contributed by atoms with van der Waals surface area (Å²) < 4.78 is 12.1. The Morgan fingerprint density at radius 2 is 2.27 bits per heavy atom. The van der Waals surface area contributed by atoms with Crippen LogP contribution in [0.3, 0.4) is 0 Å². The molecule has 0 spiro atoms. The van der Waals surface area contributed by atoms with Gasteiger partial charge in [0, 0.05) is 19.5 Å². The van der Waals surface area contributed by atoms with E-state index < -0.39 is 6.10 Å². The largest absolute Gasteiger partial charge is 0.389 e. The van der Waals surface area contributed by atoms with E-state index in [4.69, 9.17) is 9.47 Å². The van der Waals surface area contributed by atoms with Crippen LogP contribution < -0.4 is 0 Å². The van der Waals surface area contributed by atoms with Gasteiger partial charge in [-0.1, -0.05) is 0 Å². The van der Waals surface area contributed by atoms with Crippen molar-refractivity contribution in [2.45, 2.75) is 25.7 Å². The number of imidazole rings is 1. The van der Waals surface area contributed by atoms with Gasteiger partial charge >= 0.3 is 0 Å². The van der Waals surface area contributed by atoms with Crippen molar-refractivity contribution >= 4 is 0 Å². The maximum absolute atomic E-state index is 9.62. The Morgan fingerprint density at radius 3 is 2.87 bits per heavy atom. The Bertz CT molecular complexity index is 251. The van der Waals surface area contributed by atoms with Crippen LogP contribution in [-0.2, 0) is 16.0 Å². The third kappa shape index (κ3) is 4.92. The molecule has 1 aromatic heterocycles. The number of methoxy groups -OCH3 is 1. The van der Waals surface area contributed by atoms with Crippen LogP contribution >= 0.6 is 0 Å². The molecule has 1 N–H and O–H groups in total. The molecule has 1 heterocycles. The summed E-state index contributed by atoms with van der Waals surface area (Å²) in [7, 11) is 1.63. The summed E-state index contributed by atoms with van der Waals surface area (Å²) in [5.41, 5.74) is 0. The number of aromatic nitrogens is 2. The molecule has 0 amide bonds. The molecule has 0 bridgehead atoms. The molecule has 86 valence electrons. The lowest BCUT2D eigenvalue weighted by atomic mass is 10.3. The average molecular weight is 214 g/mol. The van der Waals surface area contributed by atoms with E-state index in [0.717, 1.165) is 0 Å². The third-order valence-electron chi connectivity index (χ3n) is 1.96. The molecule has 0 fully saturated rings. The van der Waals surface area contributed by atoms with E-state index in [9.17, 15) is 5.11 Å². The van der Waals surface area contributed by atoms with Gasteiger partial charge in [0.25, 0.3) is 0 Å². The van der Waals surface area contributed by atoms with Gasteiger partial charge in [-0.3, -0.25) is 0 Å². The van der Waals surface area contributed by atoms with E-state index in [1.807, 2.05) is 17.7 Å². The summed E-state index contributed by atoms with van der Waals surface area (Å²) in [6.07, 6.45) is 4.65. The summed E-state index contributed by atoms with van der Waals surface area (Å²) in [5.74, 6) is 0. The monoisotopic (exact) mass is 214 g/mol. The molecule has 1 rings (SSSR count). The van der Waals surface area contributed by atoms with Crippen LogP contribution in [-0.4, -0.2) is 47.2 Å². The second kappa shape index (κ2) is 6.55. The standard InChI is InChI=1S/C10H18N2O3/c1-9(6-14-2)15-7-10(13)5-12-4-3-11-8-12/h3-4,8-10,13H,5-7H2,1-2H3. The minimum atomic E-state index is -0.515. The first-order valence-corrected chi connectivity index (χ1v) is 4.96. The molecule has 0 aliphatic rings. The fourth-order valence-corrected chi connectivity index (χ4v) is 1.25. The first kappa shape index (κ1) is 12.2. The van der Waals surface area contributed by atoms with E-state index in [1.54, 1.807) is 19.6 Å². The van der Waals surface area contributed by atoms with E-state index in [0.29, 0.717) is 19.8 Å². The van der Waals surface area contributed by atoms with Gasteiger partial charge < -0.3 is 19.1 Å². The van der Waals surface area contributed by atoms with Crippen molar-refractivity contribution < 1.29 is 14.6 Å². The second-order valence-corrected chi connectivity index (χ2v) is 3.51. The molecule has 2 unspecified atom stereocenters. The highest BCUT2D eigenvalue weighted by molar-refractivity contribution is 4.75. The summed E-state index contributed by atoms with van der Waals surface area (Å²) in [6.45, 7) is 3.26. The summed E-state index contributed by atoms with van der Waals surface area (Å²) in [5, 5.41) is 9.62. The average Bonchev–Trinajstić information content (AvgIpc) is 2.68. The molecular weight excluding hydrogens is 196 g/mol. The zero-order valence-electron chi connectivity index (χ0n) is 9.17. The lowest BCUT2D eigenvalue weighted by molar-refractivity contribution is -0.0356. The van der Waals surface area contributed by atoms with Gasteiger partial charge in [-0.2, -0.15) is 0 Å². The zero-order chi connectivity index (χ0) is 11.1. The molecule has 5 heteroatoms. The Balaban J connectivity index is 2.16. The molecule has 15 heavy (non-hydrogen) atoms. The van der Waals surface area contributed by atoms with Crippen LogP contribution in [0.1, 0.15) is 6.92 Å². The van der Waals surface area contributed by atoms with Gasteiger partial charge in [-0.05, 0) is 6.92 Å². The lowest BCUT2D eigenvalue weighted by Gasteiger charge is -2.16. The quantitative estimate of drug-likeness (QED) is 0.709. The van der Waals surface area contributed by atoms with Crippen molar-refractivity contribution in [1.29, 1.82) is 0 Å². The molecule has 1 aromatic rings. The van der Waals surface area contributed by atoms with Crippen molar-refractivity contribution in [2.24, 2.45) is 0 Å². The Kier molecular flexibility index (Phi) is 5.31. The number of nitrogens with zero attached hydrogens (tertiary/aromatic N) is 2. The van der Waals surface area contributed by atoms with Crippen molar-refractivity contribution in [2.75, 3.05) is 20.3 Å². The highest BCUT2D eigenvalue weighted by atomic mass is 16.5. The van der Waals surface area contributed by atoms with E-state index in [2.05, 4.69) is 4.98 Å². The van der Waals surface area contributed by atoms with Crippen LogP contribution in [0.25, 0.3) is 0 Å². The SMILES string of the molecule is COCC(C)OCC(O)Cn1ccnc1. The summed E-state index contributed by atoms with van der Waals surface area (Å²) in [4.78, 5) is 3.89. The second-order valence-electron chi connectivity index (χ2n) is 3.51. The molecule has 5 nitrogen and oxygen atoms in total. The van der Waals surface area contributed by atoms with Crippen molar-refractivity contribution in [3.8, 4) is 0 Å². The lowest BCUT2D eigenvalue weighted by Crippen LogP contribution is -2.26. The van der Waals surface area contributed by atoms with E-state index in [1.165, 1.54) is 0 Å². The zero-order valence-corrected chi connectivity index (χ0v) is 9.17. The minimum Gasteiger partial charge on any atom is -0.389 e. The number of aliphatic hydroxyl groups is 1. The predicted octanol–water partition coefficient (Wildman–Crippen LogP) is 0.295. The fourth-order valence-electron chi connectivity index (χ4n) is 1.25. The Hall–Kier alpha value is -0.910. The summed E-state index contributed by atoms with van der Waals surface area (Å²) in [6, 6.07) is 0. The van der Waals surface area contributed by atoms with Gasteiger partial charge in [-0.15, -0.1) is 0 Å². The normalized spacial score (nSPS) is 15.1. The molecule has 0 saturated heterocycles. The molecule has 2 atom stereocenters. The van der Waals surface area contributed by atoms with Crippen LogP contribution in [0, 0.1) is 0 Å². The van der Waals surface area contributed by atoms with Crippen molar-refractivity contribution in [1.82, 2.24) is 9.55 Å². The highest BCUT2D eigenvalue weighted by Gasteiger charge is 2.08. The van der Waals surface area contributed by atoms with Crippen LogP contribution in [0.5, 0.6) is 0 Å². The van der Waals surface area contributed by atoms with Gasteiger partial charge in [0.05, 0.1) is 38.3 Å². The van der Waals surface area contributed by atoms with Crippen LogP contribution in [0.2, 0.25) is 0 Å². The Morgan fingerprint density at radius 1 is 1.47 bits per heavy atom. The van der Waals surface area contributed by atoms with E-state index >= 15 is 0 Å². The van der Waals surface area contributed by atoms with E-state index in [-0.39, 0.29) is 6.10 Å². The smallest absolute Gasteiger partial charge is 0.0952 e. The molecule has 0 radical (unpaired) electrons. The predicted molar refractivity (Wildman–Crippen MR) is 55.5 cm³/mol. The van der Waals surface area contributed by atoms with Crippen LogP contribution in [0.15, 0.2) is 18.7 Å². The fraction of sp³-hybridized carbons (Fsp3) is 0.700. The maximum atomic E-state index is 9.62. The van der Waals surface area contributed by atoms with Crippen molar-refractivity contribution in [3.63, 3.8) is 0 Å². The first-order chi connectivity index (χ1) is 7.22. The Labute approximate surface area is 89.6 Å². The third-order valence-corrected chi connectivity index (χ3v) is 1.96. The molecule has 0 aromatic carbocycles. The number of hydrogen-bond acceptors (Lipinski definition) is 4. The first-order valence-electron chi connectivity index (χ1n) is 4.96. The minimum absolute atomic E-state index is 0.00689. The molecular formula is C10H18N2O3. The van der Waals surface area contributed by atoms with Gasteiger partial charge in [-0.25, -0.2) is 4.98 Å². The van der Waals surface area contributed by atoms with Crippen molar-refractivity contribution in [3.05, 3.63) is 18.7 Å². The topological polar surface area (TPSA) is 56.5 Å². The molecule has 0 aliphatic heterocycles. The number of hydrogen-bond donors (Lipinski definition) is 1. The van der Waals surface area contributed by atoms with Crippen LogP contribution in [0.4, 0.5) is 0 Å². The van der Waals surface area contributed by atoms with Gasteiger partial charge in [0.2, 0.25) is 0 Å². The molecule has 0 saturated carbocycles.